The van der Waals surface area contributed by atoms with Crippen LogP contribution in [0.3, 0.4) is 0 Å². The van der Waals surface area contributed by atoms with Gasteiger partial charge in [-0.05, 0) is 31.0 Å². The molecule has 3 aromatic rings. The molecule has 0 saturated carbocycles. The van der Waals surface area contributed by atoms with Crippen molar-refractivity contribution < 1.29 is 51.2 Å². The minimum Gasteiger partial charge on any atom is -0.374 e. The maximum absolute atomic E-state index is 14.6. The minimum atomic E-state index is -4.61. The van der Waals surface area contributed by atoms with Gasteiger partial charge in [-0.2, -0.15) is 13.2 Å². The molecule has 3 aliphatic heterocycles. The van der Waals surface area contributed by atoms with Crippen LogP contribution in [0.15, 0.2) is 84.9 Å². The molecule has 14 heteroatoms. The zero-order valence-electron chi connectivity index (χ0n) is 35.2. The van der Waals surface area contributed by atoms with Gasteiger partial charge in [-0.15, -0.1) is 0 Å². The number of ether oxygens (including phenoxy) is 5. The van der Waals surface area contributed by atoms with Crippen LogP contribution in [0.25, 0.3) is 0 Å². The first-order valence-corrected chi connectivity index (χ1v) is 21.8. The summed E-state index contributed by atoms with van der Waals surface area (Å²) < 4.78 is 73.1. The van der Waals surface area contributed by atoms with Crippen LogP contribution in [0, 0.1) is 11.8 Å². The summed E-state index contributed by atoms with van der Waals surface area (Å²) in [5, 5.41) is 8.49. The Balaban J connectivity index is 1.26. The largest absolute Gasteiger partial charge is 0.416 e. The molecule has 3 saturated heterocycles. The summed E-state index contributed by atoms with van der Waals surface area (Å²) in [4.78, 5) is 41.8. The molecule has 3 amide bonds. The van der Waals surface area contributed by atoms with Gasteiger partial charge >= 0.3 is 12.2 Å². The number of halogens is 3. The Morgan fingerprint density at radius 3 is 2.16 bits per heavy atom. The summed E-state index contributed by atoms with van der Waals surface area (Å²) >= 11 is 0. The predicted molar refractivity (Wildman–Crippen MR) is 224 cm³/mol. The number of urea groups is 1. The average Bonchev–Trinajstić information content (AvgIpc) is 3.26. The first-order chi connectivity index (χ1) is 29.5. The summed E-state index contributed by atoms with van der Waals surface area (Å²) in [5.41, 5.74) is 0.288. The number of nitrogens with one attached hydrogen (secondary N) is 3. The van der Waals surface area contributed by atoms with Crippen molar-refractivity contribution in [1.29, 1.82) is 0 Å². The first kappa shape index (κ1) is 46.2. The number of alkyl halides is 3. The summed E-state index contributed by atoms with van der Waals surface area (Å²) in [6.07, 6.45) is 0.102. The van der Waals surface area contributed by atoms with Gasteiger partial charge in [0.2, 0.25) is 5.91 Å². The lowest BCUT2D eigenvalue weighted by molar-refractivity contribution is -0.347. The molecule has 0 aliphatic carbocycles. The molecule has 0 radical (unpaired) electrons. The summed E-state index contributed by atoms with van der Waals surface area (Å²) in [6, 6.07) is 20.1. The van der Waals surface area contributed by atoms with Gasteiger partial charge in [0.25, 0.3) is 0 Å². The molecular weight excluding hydrogens is 792 g/mol. The summed E-state index contributed by atoms with van der Waals surface area (Å²) in [6.45, 7) is 6.12. The van der Waals surface area contributed by atoms with Crippen LogP contribution in [0.4, 0.5) is 23.7 Å². The smallest absolute Gasteiger partial charge is 0.374 e. The van der Waals surface area contributed by atoms with Crippen molar-refractivity contribution in [2.75, 3.05) is 18.5 Å². The lowest BCUT2D eigenvalue weighted by Crippen LogP contribution is -2.67. The number of Topliss-reactive ketones (excluding diaryl/α,β-unsaturated/α-hetero) is 1. The lowest BCUT2D eigenvalue weighted by atomic mass is 9.78. The van der Waals surface area contributed by atoms with Crippen LogP contribution in [0.2, 0.25) is 0 Å². The van der Waals surface area contributed by atoms with Crippen molar-refractivity contribution in [3.63, 3.8) is 0 Å². The topological polar surface area (TPSA) is 133 Å². The summed E-state index contributed by atoms with van der Waals surface area (Å²) in [5.74, 6) is -1.78. The molecule has 3 N–H and O–H groups in total. The second-order valence-electron chi connectivity index (χ2n) is 16.3. The van der Waals surface area contributed by atoms with Gasteiger partial charge < -0.3 is 39.6 Å². The fourth-order valence-corrected chi connectivity index (χ4v) is 8.57. The van der Waals surface area contributed by atoms with Crippen LogP contribution in [0.5, 0.6) is 0 Å². The fraction of sp³-hybridized carbons (Fsp3) is 0.553. The standard InChI is InChI=1S/C47H60F3N3O8/c1-4-6-7-8-9-10-11-18-26-38(54)53-40-36(5-2)57-28-35(52-46(56)51-34-25-19-24-33(27-34)47(48,49)50)43(40)61-45-39(41(55)31-20-14-12-15-21-31)30(3)42-37(59-45)29-58-44(60-42)32-22-16-13-17-23-32/h12-17,19-25,27,30,35-37,39-40,42-45H,4-11,18,26,28-29H2,1-3H3,(H,53,54)(H2,51,52,56)/t30-,35?,36?,37?,39?,40+,42-,43-,44?,45+/m1/s1. The van der Waals surface area contributed by atoms with E-state index >= 15 is 0 Å². The number of benzene rings is 3. The van der Waals surface area contributed by atoms with Crippen LogP contribution >= 0.6 is 0 Å². The molecule has 332 valence electrons. The maximum atomic E-state index is 14.6. The van der Waals surface area contributed by atoms with Crippen molar-refractivity contribution in [2.45, 2.75) is 140 Å². The molecular formula is C47H60F3N3O8. The highest BCUT2D eigenvalue weighted by Crippen LogP contribution is 2.42. The number of carbonyl (C=O) groups excluding carboxylic acids is 3. The van der Waals surface area contributed by atoms with E-state index in [1.165, 1.54) is 37.8 Å². The fourth-order valence-electron chi connectivity index (χ4n) is 8.57. The normalized spacial score (nSPS) is 27.7. The Bertz CT molecular complexity index is 1850. The van der Waals surface area contributed by atoms with Crippen molar-refractivity contribution in [3.05, 3.63) is 102 Å². The van der Waals surface area contributed by atoms with Crippen molar-refractivity contribution in [2.24, 2.45) is 11.8 Å². The third kappa shape index (κ3) is 12.4. The third-order valence-corrected chi connectivity index (χ3v) is 11.9. The van der Waals surface area contributed by atoms with E-state index in [0.717, 1.165) is 37.0 Å². The second-order valence-corrected chi connectivity index (χ2v) is 16.3. The van der Waals surface area contributed by atoms with E-state index in [1.807, 2.05) is 50.2 Å². The monoisotopic (exact) mass is 851 g/mol. The highest BCUT2D eigenvalue weighted by molar-refractivity contribution is 5.98. The molecule has 3 fully saturated rings. The van der Waals surface area contributed by atoms with Gasteiger partial charge in [0.05, 0.1) is 49.0 Å². The van der Waals surface area contributed by atoms with E-state index in [-0.39, 0.29) is 37.0 Å². The molecule has 0 aromatic heterocycles. The lowest BCUT2D eigenvalue weighted by Gasteiger charge is -2.50. The summed E-state index contributed by atoms with van der Waals surface area (Å²) in [7, 11) is 0. The minimum absolute atomic E-state index is 0.0554. The predicted octanol–water partition coefficient (Wildman–Crippen LogP) is 9.38. The number of anilines is 1. The van der Waals surface area contributed by atoms with Crippen molar-refractivity contribution in [3.8, 4) is 0 Å². The van der Waals surface area contributed by atoms with Gasteiger partial charge in [-0.1, -0.05) is 132 Å². The van der Waals surface area contributed by atoms with Crippen molar-refractivity contribution in [1.82, 2.24) is 10.6 Å². The molecule has 10 atom stereocenters. The number of hydrogen-bond acceptors (Lipinski definition) is 8. The van der Waals surface area contributed by atoms with Gasteiger partial charge in [0.1, 0.15) is 12.2 Å². The number of rotatable bonds is 18. The Labute approximate surface area is 356 Å². The molecule has 0 spiro atoms. The van der Waals surface area contributed by atoms with Gasteiger partial charge in [-0.3, -0.25) is 9.59 Å². The van der Waals surface area contributed by atoms with Crippen LogP contribution in [-0.4, -0.2) is 73.7 Å². The number of ketones is 1. The number of fused-ring (bicyclic) bond motifs is 1. The zero-order valence-corrected chi connectivity index (χ0v) is 35.2. The quantitative estimate of drug-likeness (QED) is 0.0852. The highest BCUT2D eigenvalue weighted by atomic mass is 19.4. The van der Waals surface area contributed by atoms with E-state index < -0.39 is 78.7 Å². The Morgan fingerprint density at radius 1 is 0.787 bits per heavy atom. The third-order valence-electron chi connectivity index (χ3n) is 11.9. The molecule has 11 nitrogen and oxygen atoms in total. The molecule has 5 unspecified atom stereocenters. The number of carbonyl (C=O) groups is 3. The molecule has 0 bridgehead atoms. The number of amides is 3. The van der Waals surface area contributed by atoms with Gasteiger partial charge in [-0.25, -0.2) is 4.79 Å². The molecule has 3 heterocycles. The zero-order chi connectivity index (χ0) is 43.4. The van der Waals surface area contributed by atoms with Gasteiger partial charge in [0, 0.05) is 29.2 Å². The van der Waals surface area contributed by atoms with Crippen LogP contribution in [-0.2, 0) is 34.7 Å². The average molecular weight is 852 g/mol. The van der Waals surface area contributed by atoms with Crippen molar-refractivity contribution >= 4 is 23.4 Å². The second kappa shape index (κ2) is 22.1. The molecule has 61 heavy (non-hydrogen) atoms. The Hall–Kier alpha value is -4.34. The maximum Gasteiger partial charge on any atom is 0.416 e. The van der Waals surface area contributed by atoms with E-state index in [0.29, 0.717) is 18.4 Å². The Morgan fingerprint density at radius 2 is 1.48 bits per heavy atom. The van der Waals surface area contributed by atoms with Crippen LogP contribution in [0.1, 0.15) is 113 Å². The van der Waals surface area contributed by atoms with E-state index in [1.54, 1.807) is 24.3 Å². The number of hydrogen-bond donors (Lipinski definition) is 3. The first-order valence-electron chi connectivity index (χ1n) is 21.8. The molecule has 6 rings (SSSR count). The van der Waals surface area contributed by atoms with E-state index in [9.17, 15) is 27.6 Å². The van der Waals surface area contributed by atoms with Crippen LogP contribution < -0.4 is 16.0 Å². The Kier molecular flexibility index (Phi) is 16.8. The SMILES string of the molecule is CCCCCCCCCCC(=O)N[C@H]1C(CC)OCC(NC(=O)Nc2cccc(C(F)(F)F)c2)[C@H]1O[C@@H]1OC2COC(c3ccccc3)O[C@@H]2[C@H](C)C1C(=O)c1ccccc1. The van der Waals surface area contributed by atoms with E-state index in [4.69, 9.17) is 23.7 Å². The highest BCUT2D eigenvalue weighted by Gasteiger charge is 2.53. The van der Waals surface area contributed by atoms with E-state index in [2.05, 4.69) is 22.9 Å². The molecule has 3 aromatic carbocycles. The molecule has 3 aliphatic rings. The van der Waals surface area contributed by atoms with Gasteiger partial charge in [0.15, 0.2) is 18.4 Å². The number of unbranched alkanes of at least 4 members (excludes halogenated alkanes) is 7.